The Kier molecular flexibility index (Phi) is 4.32. The highest BCUT2D eigenvalue weighted by atomic mass is 32.2. The van der Waals surface area contributed by atoms with Gasteiger partial charge in [0, 0.05) is 18.2 Å². The maximum absolute atomic E-state index is 12.1. The van der Waals surface area contributed by atoms with Crippen molar-refractivity contribution in [2.75, 3.05) is 16.6 Å². The summed E-state index contributed by atoms with van der Waals surface area (Å²) in [4.78, 5) is 12.1. The fourth-order valence-corrected chi connectivity index (χ4v) is 3.70. The molecule has 1 N–H and O–H groups in total. The summed E-state index contributed by atoms with van der Waals surface area (Å²) in [6.45, 7) is 4.42. The Morgan fingerprint density at radius 1 is 1.45 bits per heavy atom. The van der Waals surface area contributed by atoms with Crippen LogP contribution in [-0.4, -0.2) is 32.7 Å². The van der Waals surface area contributed by atoms with E-state index in [4.69, 9.17) is 0 Å². The number of anilines is 1. The molecule has 110 valence electrons. The molecule has 0 aromatic heterocycles. The third kappa shape index (κ3) is 3.12. The first-order valence-electron chi connectivity index (χ1n) is 6.85. The van der Waals surface area contributed by atoms with E-state index >= 15 is 0 Å². The Labute approximate surface area is 120 Å². The van der Waals surface area contributed by atoms with Gasteiger partial charge >= 0.3 is 0 Å². The van der Waals surface area contributed by atoms with Crippen molar-refractivity contribution in [2.45, 2.75) is 32.7 Å². The average molecular weight is 296 g/mol. The molecule has 0 saturated carbocycles. The molecule has 0 aliphatic carbocycles. The second-order valence-electron chi connectivity index (χ2n) is 5.07. The summed E-state index contributed by atoms with van der Waals surface area (Å²) < 4.78 is 25.2. The number of carbonyl (C=O) groups is 1. The van der Waals surface area contributed by atoms with Crippen molar-refractivity contribution < 1.29 is 13.2 Å². The molecule has 6 heteroatoms. The number of rotatable bonds is 4. The lowest BCUT2D eigenvalue weighted by Crippen LogP contribution is -2.32. The maximum Gasteiger partial charge on any atom is 0.251 e. The lowest BCUT2D eigenvalue weighted by Gasteiger charge is -2.18. The summed E-state index contributed by atoms with van der Waals surface area (Å²) in [5.74, 6) is 0.00817. The first-order chi connectivity index (χ1) is 9.44. The molecule has 1 fully saturated rings. The van der Waals surface area contributed by atoms with Crippen LogP contribution in [-0.2, 0) is 10.0 Å². The van der Waals surface area contributed by atoms with Gasteiger partial charge in [0.2, 0.25) is 10.0 Å². The molecule has 1 aromatic carbocycles. The zero-order valence-electron chi connectivity index (χ0n) is 11.8. The van der Waals surface area contributed by atoms with Crippen LogP contribution >= 0.6 is 0 Å². The summed E-state index contributed by atoms with van der Waals surface area (Å²) >= 11 is 0. The maximum atomic E-state index is 12.1. The predicted octanol–water partition coefficient (Wildman–Crippen LogP) is 1.75. The van der Waals surface area contributed by atoms with E-state index in [1.807, 2.05) is 13.8 Å². The van der Waals surface area contributed by atoms with Crippen LogP contribution in [0.15, 0.2) is 24.3 Å². The topological polar surface area (TPSA) is 66.5 Å². The second-order valence-corrected chi connectivity index (χ2v) is 7.09. The SMILES string of the molecule is CCC(C)NC(=O)c1cccc(N2CCCS2(=O)=O)c1. The van der Waals surface area contributed by atoms with Crippen LogP contribution in [0.5, 0.6) is 0 Å². The van der Waals surface area contributed by atoms with E-state index in [1.54, 1.807) is 24.3 Å². The Balaban J connectivity index is 2.22. The number of hydrogen-bond donors (Lipinski definition) is 1. The molecule has 0 spiro atoms. The number of nitrogens with one attached hydrogen (secondary N) is 1. The van der Waals surface area contributed by atoms with Gasteiger partial charge in [-0.15, -0.1) is 0 Å². The Morgan fingerprint density at radius 3 is 2.80 bits per heavy atom. The van der Waals surface area contributed by atoms with E-state index in [2.05, 4.69) is 5.32 Å². The largest absolute Gasteiger partial charge is 0.350 e. The van der Waals surface area contributed by atoms with E-state index in [0.717, 1.165) is 6.42 Å². The van der Waals surface area contributed by atoms with Crippen LogP contribution in [0, 0.1) is 0 Å². The fourth-order valence-electron chi connectivity index (χ4n) is 2.14. The van der Waals surface area contributed by atoms with Gasteiger partial charge in [0.15, 0.2) is 0 Å². The van der Waals surface area contributed by atoms with E-state index in [0.29, 0.717) is 24.2 Å². The van der Waals surface area contributed by atoms with Crippen molar-refractivity contribution in [3.8, 4) is 0 Å². The van der Waals surface area contributed by atoms with Crippen LogP contribution in [0.1, 0.15) is 37.0 Å². The highest BCUT2D eigenvalue weighted by Gasteiger charge is 2.28. The molecule has 1 unspecified atom stereocenters. The van der Waals surface area contributed by atoms with Crippen LogP contribution in [0.3, 0.4) is 0 Å². The normalized spacial score (nSPS) is 18.8. The molecule has 5 nitrogen and oxygen atoms in total. The zero-order valence-corrected chi connectivity index (χ0v) is 12.6. The molecule has 1 aliphatic rings. The van der Waals surface area contributed by atoms with Crippen LogP contribution < -0.4 is 9.62 Å². The number of hydrogen-bond acceptors (Lipinski definition) is 3. The molecule has 1 atom stereocenters. The van der Waals surface area contributed by atoms with Crippen molar-refractivity contribution in [1.82, 2.24) is 5.32 Å². The van der Waals surface area contributed by atoms with Crippen molar-refractivity contribution in [1.29, 1.82) is 0 Å². The summed E-state index contributed by atoms with van der Waals surface area (Å²) in [7, 11) is -3.21. The number of carbonyl (C=O) groups excluding carboxylic acids is 1. The molecule has 0 bridgehead atoms. The van der Waals surface area contributed by atoms with E-state index in [-0.39, 0.29) is 17.7 Å². The van der Waals surface area contributed by atoms with Crippen molar-refractivity contribution >= 4 is 21.6 Å². The predicted molar refractivity (Wildman–Crippen MR) is 79.4 cm³/mol. The lowest BCUT2D eigenvalue weighted by atomic mass is 10.1. The van der Waals surface area contributed by atoms with Crippen LogP contribution in [0.25, 0.3) is 0 Å². The van der Waals surface area contributed by atoms with Gasteiger partial charge in [-0.3, -0.25) is 9.10 Å². The van der Waals surface area contributed by atoms with Gasteiger partial charge < -0.3 is 5.32 Å². The van der Waals surface area contributed by atoms with Crippen LogP contribution in [0.2, 0.25) is 0 Å². The van der Waals surface area contributed by atoms with Gasteiger partial charge in [0.1, 0.15) is 0 Å². The third-order valence-electron chi connectivity index (χ3n) is 3.49. The molecule has 2 rings (SSSR count). The van der Waals surface area contributed by atoms with Gasteiger partial charge in [0.05, 0.1) is 11.4 Å². The Morgan fingerprint density at radius 2 is 2.20 bits per heavy atom. The zero-order chi connectivity index (χ0) is 14.8. The highest BCUT2D eigenvalue weighted by Crippen LogP contribution is 2.24. The molecule has 1 aliphatic heterocycles. The average Bonchev–Trinajstić information content (AvgIpc) is 2.78. The molecule has 20 heavy (non-hydrogen) atoms. The smallest absolute Gasteiger partial charge is 0.251 e. The van der Waals surface area contributed by atoms with Crippen molar-refractivity contribution in [2.24, 2.45) is 0 Å². The summed E-state index contributed by atoms with van der Waals surface area (Å²) in [5.41, 5.74) is 1.06. The monoisotopic (exact) mass is 296 g/mol. The summed E-state index contributed by atoms with van der Waals surface area (Å²) in [6.07, 6.45) is 1.48. The number of benzene rings is 1. The van der Waals surface area contributed by atoms with Gasteiger partial charge in [-0.25, -0.2) is 8.42 Å². The molecule has 1 aromatic rings. The highest BCUT2D eigenvalue weighted by molar-refractivity contribution is 7.93. The van der Waals surface area contributed by atoms with E-state index in [1.165, 1.54) is 4.31 Å². The molecule has 1 saturated heterocycles. The number of nitrogens with zero attached hydrogens (tertiary/aromatic N) is 1. The minimum absolute atomic E-state index is 0.0988. The van der Waals surface area contributed by atoms with E-state index in [9.17, 15) is 13.2 Å². The van der Waals surface area contributed by atoms with Gasteiger partial charge in [-0.2, -0.15) is 0 Å². The van der Waals surface area contributed by atoms with Crippen molar-refractivity contribution in [3.63, 3.8) is 0 Å². The molecule has 1 amide bonds. The Bertz CT molecular complexity index is 598. The summed E-state index contributed by atoms with van der Waals surface area (Å²) in [5, 5.41) is 2.88. The Hall–Kier alpha value is -1.56. The minimum atomic E-state index is -3.21. The third-order valence-corrected chi connectivity index (χ3v) is 5.36. The molecule has 1 heterocycles. The first-order valence-corrected chi connectivity index (χ1v) is 8.46. The number of amides is 1. The van der Waals surface area contributed by atoms with Gasteiger partial charge in [-0.1, -0.05) is 13.0 Å². The molecular weight excluding hydrogens is 276 g/mol. The molecular formula is C14H20N2O3S. The van der Waals surface area contributed by atoms with Crippen molar-refractivity contribution in [3.05, 3.63) is 29.8 Å². The fraction of sp³-hybridized carbons (Fsp3) is 0.500. The summed E-state index contributed by atoms with van der Waals surface area (Å²) in [6, 6.07) is 6.88. The standard InChI is InChI=1S/C14H20N2O3S/c1-3-11(2)15-14(17)12-6-4-7-13(10-12)16-8-5-9-20(16,18)19/h4,6-7,10-11H,3,5,8-9H2,1-2H3,(H,15,17). The first kappa shape index (κ1) is 14.8. The minimum Gasteiger partial charge on any atom is -0.350 e. The van der Waals surface area contributed by atoms with Crippen LogP contribution in [0.4, 0.5) is 5.69 Å². The lowest BCUT2D eigenvalue weighted by molar-refractivity contribution is 0.0939. The van der Waals surface area contributed by atoms with E-state index < -0.39 is 10.0 Å². The molecule has 0 radical (unpaired) electrons. The number of sulfonamides is 1. The quantitative estimate of drug-likeness (QED) is 0.920. The van der Waals surface area contributed by atoms with Gasteiger partial charge in [-0.05, 0) is 38.0 Å². The second kappa shape index (κ2) is 5.83. The van der Waals surface area contributed by atoms with Gasteiger partial charge in [0.25, 0.3) is 5.91 Å².